The molecule has 1 fully saturated rings. The van der Waals surface area contributed by atoms with Gasteiger partial charge in [0.05, 0.1) is 13.0 Å². The minimum atomic E-state index is -0.668. The van der Waals surface area contributed by atoms with Crippen LogP contribution in [0.3, 0.4) is 0 Å². The zero-order chi connectivity index (χ0) is 12.9. The number of nitrogens with zero attached hydrogens (tertiary/aromatic N) is 1. The highest BCUT2D eigenvalue weighted by molar-refractivity contribution is 5.68. The number of carboxylic acids is 1. The maximum absolute atomic E-state index is 10.8. The van der Waals surface area contributed by atoms with E-state index in [1.807, 2.05) is 0 Å². The van der Waals surface area contributed by atoms with Crippen LogP contribution in [0.4, 0.5) is 0 Å². The zero-order valence-corrected chi connectivity index (χ0v) is 11.2. The molecule has 1 atom stereocenters. The molecule has 1 rings (SSSR count). The molecule has 0 amide bonds. The van der Waals surface area contributed by atoms with Crippen molar-refractivity contribution in [3.8, 4) is 0 Å². The maximum Gasteiger partial charge on any atom is 0.303 e. The highest BCUT2D eigenvalue weighted by Gasteiger charge is 2.45. The van der Waals surface area contributed by atoms with Gasteiger partial charge in [0.25, 0.3) is 0 Å². The van der Waals surface area contributed by atoms with Gasteiger partial charge in [0, 0.05) is 26.2 Å². The lowest BCUT2D eigenvalue weighted by Gasteiger charge is -2.31. The first kappa shape index (κ1) is 14.5. The minimum absolute atomic E-state index is 0.0446. The van der Waals surface area contributed by atoms with Gasteiger partial charge >= 0.3 is 5.97 Å². The lowest BCUT2D eigenvalue weighted by atomic mass is 10.0. The van der Waals surface area contributed by atoms with E-state index in [0.717, 1.165) is 32.4 Å². The van der Waals surface area contributed by atoms with Gasteiger partial charge in [-0.1, -0.05) is 6.92 Å². The first-order valence-electron chi connectivity index (χ1n) is 6.48. The molecule has 17 heavy (non-hydrogen) atoms. The summed E-state index contributed by atoms with van der Waals surface area (Å²) in [6.07, 6.45) is 3.51. The van der Waals surface area contributed by atoms with Crippen molar-refractivity contribution in [2.45, 2.75) is 45.6 Å². The number of rotatable bonds is 9. The fourth-order valence-electron chi connectivity index (χ4n) is 2.24. The molecule has 0 aromatic carbocycles. The van der Waals surface area contributed by atoms with Crippen LogP contribution in [-0.2, 0) is 9.53 Å². The molecule has 1 N–H and O–H groups in total. The second-order valence-corrected chi connectivity index (χ2v) is 5.29. The highest BCUT2D eigenvalue weighted by atomic mass is 16.5. The van der Waals surface area contributed by atoms with Gasteiger partial charge in [0.1, 0.15) is 0 Å². The Labute approximate surface area is 104 Å². The van der Waals surface area contributed by atoms with Gasteiger partial charge in [-0.15, -0.1) is 0 Å². The fourth-order valence-corrected chi connectivity index (χ4v) is 2.24. The van der Waals surface area contributed by atoms with Crippen LogP contribution in [-0.4, -0.2) is 48.8 Å². The van der Waals surface area contributed by atoms with Crippen molar-refractivity contribution in [1.82, 2.24) is 4.90 Å². The Balaban J connectivity index is 2.50. The third kappa shape index (κ3) is 4.64. The van der Waals surface area contributed by atoms with Crippen LogP contribution < -0.4 is 0 Å². The number of hydrogen-bond donors (Lipinski definition) is 1. The van der Waals surface area contributed by atoms with Gasteiger partial charge in [-0.05, 0) is 31.6 Å². The normalized spacial score (nSPS) is 19.3. The van der Waals surface area contributed by atoms with Gasteiger partial charge in [0.2, 0.25) is 0 Å². The average molecular weight is 243 g/mol. The van der Waals surface area contributed by atoms with E-state index in [9.17, 15) is 4.79 Å². The summed E-state index contributed by atoms with van der Waals surface area (Å²) >= 11 is 0. The summed E-state index contributed by atoms with van der Waals surface area (Å²) in [5, 5.41) is 8.93. The third-order valence-electron chi connectivity index (χ3n) is 3.82. The Morgan fingerprint density at radius 1 is 1.53 bits per heavy atom. The number of carbonyl (C=O) groups is 1. The summed E-state index contributed by atoms with van der Waals surface area (Å²) in [5.74, 6) is -0.668. The highest BCUT2D eigenvalue weighted by Crippen LogP contribution is 2.49. The van der Waals surface area contributed by atoms with Gasteiger partial charge in [-0.25, -0.2) is 0 Å². The van der Waals surface area contributed by atoms with Crippen LogP contribution in [0.25, 0.3) is 0 Å². The molecular weight excluding hydrogens is 218 g/mol. The first-order valence-corrected chi connectivity index (χ1v) is 6.48. The van der Waals surface area contributed by atoms with E-state index in [2.05, 4.69) is 18.7 Å². The van der Waals surface area contributed by atoms with Gasteiger partial charge in [0.15, 0.2) is 0 Å². The predicted octanol–water partition coefficient (Wildman–Crippen LogP) is 1.99. The Bertz CT molecular complexity index is 251. The van der Waals surface area contributed by atoms with Crippen LogP contribution in [0.2, 0.25) is 0 Å². The van der Waals surface area contributed by atoms with Crippen molar-refractivity contribution in [2.75, 3.05) is 26.8 Å². The standard InChI is InChI=1S/C13H25NO3/c1-4-11(2)14(7-8-17-3)10-13(5-6-13)9-12(15)16/h11H,4-10H2,1-3H3,(H,15,16). The average Bonchev–Trinajstić information content (AvgIpc) is 3.02. The lowest BCUT2D eigenvalue weighted by Crippen LogP contribution is -2.40. The number of hydrogen-bond acceptors (Lipinski definition) is 3. The summed E-state index contributed by atoms with van der Waals surface area (Å²) in [6.45, 7) is 6.88. The van der Waals surface area contributed by atoms with E-state index >= 15 is 0 Å². The Kier molecular flexibility index (Phi) is 5.40. The van der Waals surface area contributed by atoms with E-state index in [1.54, 1.807) is 7.11 Å². The van der Waals surface area contributed by atoms with E-state index in [4.69, 9.17) is 9.84 Å². The molecule has 0 aromatic heterocycles. The zero-order valence-electron chi connectivity index (χ0n) is 11.2. The smallest absolute Gasteiger partial charge is 0.303 e. The molecule has 4 heteroatoms. The predicted molar refractivity (Wildman–Crippen MR) is 67.1 cm³/mol. The van der Waals surface area contributed by atoms with Crippen molar-refractivity contribution in [2.24, 2.45) is 5.41 Å². The SMILES string of the molecule is CCC(C)N(CCOC)CC1(CC(=O)O)CC1. The molecule has 0 radical (unpaired) electrons. The summed E-state index contributed by atoms with van der Waals surface area (Å²) in [7, 11) is 1.71. The van der Waals surface area contributed by atoms with Crippen molar-refractivity contribution < 1.29 is 14.6 Å². The van der Waals surface area contributed by atoms with Crippen LogP contribution in [0, 0.1) is 5.41 Å². The second-order valence-electron chi connectivity index (χ2n) is 5.29. The molecule has 0 aliphatic heterocycles. The molecule has 1 saturated carbocycles. The molecule has 0 saturated heterocycles. The molecule has 1 unspecified atom stereocenters. The lowest BCUT2D eigenvalue weighted by molar-refractivity contribution is -0.138. The summed E-state index contributed by atoms with van der Waals surface area (Å²) < 4.78 is 5.12. The molecule has 1 aliphatic carbocycles. The van der Waals surface area contributed by atoms with Gasteiger partial charge in [-0.3, -0.25) is 9.69 Å². The molecule has 0 bridgehead atoms. The van der Waals surface area contributed by atoms with E-state index < -0.39 is 5.97 Å². The first-order chi connectivity index (χ1) is 8.03. The van der Waals surface area contributed by atoms with Gasteiger partial charge in [-0.2, -0.15) is 0 Å². The topological polar surface area (TPSA) is 49.8 Å². The number of aliphatic carboxylic acids is 1. The van der Waals surface area contributed by atoms with E-state index in [-0.39, 0.29) is 5.41 Å². The number of ether oxygens (including phenoxy) is 1. The molecule has 100 valence electrons. The summed E-state index contributed by atoms with van der Waals surface area (Å²) in [5.41, 5.74) is 0.0446. The van der Waals surface area contributed by atoms with Gasteiger partial charge < -0.3 is 9.84 Å². The minimum Gasteiger partial charge on any atom is -0.481 e. The van der Waals surface area contributed by atoms with Crippen molar-refractivity contribution >= 4 is 5.97 Å². The molecular formula is C13H25NO3. The summed E-state index contributed by atoms with van der Waals surface area (Å²) in [4.78, 5) is 13.2. The largest absolute Gasteiger partial charge is 0.481 e. The molecule has 0 spiro atoms. The molecule has 4 nitrogen and oxygen atoms in total. The van der Waals surface area contributed by atoms with Crippen molar-refractivity contribution in [3.63, 3.8) is 0 Å². The maximum atomic E-state index is 10.8. The Morgan fingerprint density at radius 2 is 2.18 bits per heavy atom. The van der Waals surface area contributed by atoms with Crippen LogP contribution in [0.1, 0.15) is 39.5 Å². The third-order valence-corrected chi connectivity index (χ3v) is 3.82. The van der Waals surface area contributed by atoms with E-state index in [0.29, 0.717) is 19.1 Å². The number of methoxy groups -OCH3 is 1. The monoisotopic (exact) mass is 243 g/mol. The van der Waals surface area contributed by atoms with E-state index in [1.165, 1.54) is 0 Å². The van der Waals surface area contributed by atoms with Crippen LogP contribution >= 0.6 is 0 Å². The van der Waals surface area contributed by atoms with Crippen molar-refractivity contribution in [3.05, 3.63) is 0 Å². The Hall–Kier alpha value is -0.610. The molecule has 1 aliphatic rings. The quantitative estimate of drug-likeness (QED) is 0.673. The van der Waals surface area contributed by atoms with Crippen LogP contribution in [0.15, 0.2) is 0 Å². The molecule has 0 aromatic rings. The fraction of sp³-hybridized carbons (Fsp3) is 0.923. The second kappa shape index (κ2) is 6.36. The van der Waals surface area contributed by atoms with Crippen molar-refractivity contribution in [1.29, 1.82) is 0 Å². The van der Waals surface area contributed by atoms with Crippen LogP contribution in [0.5, 0.6) is 0 Å². The Morgan fingerprint density at radius 3 is 2.59 bits per heavy atom. The summed E-state index contributed by atoms with van der Waals surface area (Å²) in [6, 6.07) is 0.497. The number of carboxylic acid groups (broad SMARTS) is 1. The molecule has 0 heterocycles.